The van der Waals surface area contributed by atoms with E-state index in [0.29, 0.717) is 13.1 Å². The van der Waals surface area contributed by atoms with E-state index in [1.165, 1.54) is 11.1 Å². The molecule has 0 bridgehead atoms. The van der Waals surface area contributed by atoms with Gasteiger partial charge in [0.1, 0.15) is 0 Å². The maximum absolute atomic E-state index is 12.8. The minimum Gasteiger partial charge on any atom is -0.352 e. The molecule has 0 saturated carbocycles. The smallest absolute Gasteiger partial charge is 0.224 e. The van der Waals surface area contributed by atoms with Gasteiger partial charge in [0.25, 0.3) is 0 Å². The molecule has 0 aliphatic carbocycles. The molecule has 2 aliphatic heterocycles. The molecule has 2 amide bonds. The Bertz CT molecular complexity index is 1130. The fourth-order valence-electron chi connectivity index (χ4n) is 5.95. The molecule has 2 unspecified atom stereocenters. The molecule has 5 rings (SSSR count). The normalized spacial score (nSPS) is 19.6. The highest BCUT2D eigenvalue weighted by molar-refractivity contribution is 8.93. The van der Waals surface area contributed by atoms with Crippen LogP contribution in [-0.4, -0.2) is 47.8 Å². The number of hydrogen-bond donors (Lipinski definition) is 2. The van der Waals surface area contributed by atoms with Crippen LogP contribution in [0.3, 0.4) is 0 Å². The van der Waals surface area contributed by atoms with Gasteiger partial charge in [-0.15, -0.1) is 17.0 Å². The van der Waals surface area contributed by atoms with Crippen LogP contribution in [0.1, 0.15) is 47.9 Å². The van der Waals surface area contributed by atoms with Crippen molar-refractivity contribution in [2.75, 3.05) is 26.2 Å². The molecule has 2 heterocycles. The van der Waals surface area contributed by atoms with E-state index in [1.54, 1.807) is 0 Å². The summed E-state index contributed by atoms with van der Waals surface area (Å²) in [4.78, 5) is 30.4. The van der Waals surface area contributed by atoms with E-state index in [1.807, 2.05) is 60.7 Å². The summed E-state index contributed by atoms with van der Waals surface area (Å²) >= 11 is 0. The monoisotopic (exact) mass is 618 g/mol. The highest BCUT2D eigenvalue weighted by atomic mass is 79.9. The van der Waals surface area contributed by atoms with Crippen LogP contribution in [-0.2, 0) is 35.8 Å². The van der Waals surface area contributed by atoms with Crippen molar-refractivity contribution in [3.05, 3.63) is 107 Å². The molecule has 3 aromatic rings. The predicted octanol–water partition coefficient (Wildman–Crippen LogP) is 5.32. The van der Waals surface area contributed by atoms with Crippen LogP contribution in [0.2, 0.25) is 0 Å². The minimum atomic E-state index is 0. The molecule has 2 fully saturated rings. The first kappa shape index (κ1) is 30.9. The third-order valence-electron chi connectivity index (χ3n) is 8.21. The highest BCUT2D eigenvalue weighted by Gasteiger charge is 2.27. The summed E-state index contributed by atoms with van der Waals surface area (Å²) in [5.41, 5.74) is 4.84. The van der Waals surface area contributed by atoms with Gasteiger partial charge in [-0.25, -0.2) is 0 Å². The van der Waals surface area contributed by atoms with Crippen molar-refractivity contribution in [1.82, 2.24) is 20.4 Å². The molecule has 0 spiro atoms. The minimum absolute atomic E-state index is 0. The third-order valence-corrected chi connectivity index (χ3v) is 8.21. The molecule has 7 heteroatoms. The van der Waals surface area contributed by atoms with Gasteiger partial charge < -0.3 is 10.6 Å². The average Bonchev–Trinajstić information content (AvgIpc) is 3.01. The number of halogens is 1. The molecule has 0 radical (unpaired) electrons. The van der Waals surface area contributed by atoms with Crippen molar-refractivity contribution in [2.45, 2.75) is 51.9 Å². The quantitative estimate of drug-likeness (QED) is 0.323. The summed E-state index contributed by atoms with van der Waals surface area (Å²) < 4.78 is 0. The van der Waals surface area contributed by atoms with Gasteiger partial charge in [0.05, 0.1) is 11.8 Å². The number of hydrogen-bond acceptors (Lipinski definition) is 4. The summed E-state index contributed by atoms with van der Waals surface area (Å²) in [5.74, 6) is 0.428. The summed E-state index contributed by atoms with van der Waals surface area (Å²) in [6.07, 6.45) is 4.02. The van der Waals surface area contributed by atoms with Crippen molar-refractivity contribution >= 4 is 28.8 Å². The van der Waals surface area contributed by atoms with Crippen LogP contribution < -0.4 is 10.6 Å². The SMILES string of the molecule is Br.O=C(NCc1ccccc1)C1CCCN(Cc2ccc(CN3CCCC(C(=O)NCc4ccccc4)C3)cc2)C1. The Morgan fingerprint density at radius 3 is 1.37 bits per heavy atom. The fourth-order valence-corrected chi connectivity index (χ4v) is 5.95. The number of rotatable bonds is 10. The van der Waals surface area contributed by atoms with Gasteiger partial charge in [-0.3, -0.25) is 19.4 Å². The third kappa shape index (κ3) is 9.52. The Morgan fingerprint density at radius 1 is 0.585 bits per heavy atom. The van der Waals surface area contributed by atoms with E-state index in [-0.39, 0.29) is 40.6 Å². The van der Waals surface area contributed by atoms with Crippen molar-refractivity contribution in [3.8, 4) is 0 Å². The van der Waals surface area contributed by atoms with Crippen LogP contribution in [0.5, 0.6) is 0 Å². The van der Waals surface area contributed by atoms with E-state index in [4.69, 9.17) is 0 Å². The summed E-state index contributed by atoms with van der Waals surface area (Å²) in [6, 6.07) is 29.1. The Morgan fingerprint density at radius 2 is 0.976 bits per heavy atom. The van der Waals surface area contributed by atoms with Gasteiger partial charge >= 0.3 is 0 Å². The first-order valence-corrected chi connectivity index (χ1v) is 14.8. The molecule has 3 aromatic carbocycles. The van der Waals surface area contributed by atoms with E-state index in [0.717, 1.165) is 76.1 Å². The zero-order valence-electron chi connectivity index (χ0n) is 23.8. The lowest BCUT2D eigenvalue weighted by Crippen LogP contribution is -2.42. The number of carbonyl (C=O) groups is 2. The highest BCUT2D eigenvalue weighted by Crippen LogP contribution is 2.21. The predicted molar refractivity (Wildman–Crippen MR) is 169 cm³/mol. The van der Waals surface area contributed by atoms with E-state index in [9.17, 15) is 9.59 Å². The maximum atomic E-state index is 12.8. The second-order valence-electron chi connectivity index (χ2n) is 11.4. The van der Waals surface area contributed by atoms with Gasteiger partial charge in [0, 0.05) is 39.3 Å². The Hall–Kier alpha value is -3.00. The van der Waals surface area contributed by atoms with E-state index >= 15 is 0 Å². The van der Waals surface area contributed by atoms with Gasteiger partial charge in [0.2, 0.25) is 11.8 Å². The Kier molecular flexibility index (Phi) is 12.0. The summed E-state index contributed by atoms with van der Waals surface area (Å²) in [7, 11) is 0. The molecular formula is C34H43BrN4O2. The zero-order chi connectivity index (χ0) is 27.6. The van der Waals surface area contributed by atoms with Crippen LogP contribution in [0.4, 0.5) is 0 Å². The van der Waals surface area contributed by atoms with Gasteiger partial charge in [-0.05, 0) is 61.0 Å². The van der Waals surface area contributed by atoms with Crippen LogP contribution in [0.25, 0.3) is 0 Å². The molecule has 2 aliphatic rings. The Labute approximate surface area is 255 Å². The van der Waals surface area contributed by atoms with Gasteiger partial charge in [-0.2, -0.15) is 0 Å². The maximum Gasteiger partial charge on any atom is 0.224 e. The lowest BCUT2D eigenvalue weighted by molar-refractivity contribution is -0.127. The van der Waals surface area contributed by atoms with E-state index < -0.39 is 0 Å². The van der Waals surface area contributed by atoms with Crippen molar-refractivity contribution < 1.29 is 9.59 Å². The van der Waals surface area contributed by atoms with Gasteiger partial charge in [-0.1, -0.05) is 84.9 Å². The molecule has 41 heavy (non-hydrogen) atoms. The van der Waals surface area contributed by atoms with Crippen LogP contribution in [0.15, 0.2) is 84.9 Å². The molecule has 2 atom stereocenters. The zero-order valence-corrected chi connectivity index (χ0v) is 25.6. The fraction of sp³-hybridized carbons (Fsp3) is 0.412. The molecule has 2 saturated heterocycles. The van der Waals surface area contributed by atoms with Gasteiger partial charge in [0.15, 0.2) is 0 Å². The number of nitrogens with one attached hydrogen (secondary N) is 2. The average molecular weight is 620 g/mol. The Balaban J connectivity index is 0.00000387. The summed E-state index contributed by atoms with van der Waals surface area (Å²) in [5, 5.41) is 6.26. The first-order valence-electron chi connectivity index (χ1n) is 14.8. The topological polar surface area (TPSA) is 64.7 Å². The van der Waals surface area contributed by atoms with Crippen molar-refractivity contribution in [1.29, 1.82) is 0 Å². The van der Waals surface area contributed by atoms with Crippen molar-refractivity contribution in [3.63, 3.8) is 0 Å². The first-order chi connectivity index (χ1) is 19.6. The number of likely N-dealkylation sites (tertiary alicyclic amines) is 2. The molecule has 6 nitrogen and oxygen atoms in total. The molecular weight excluding hydrogens is 576 g/mol. The lowest BCUT2D eigenvalue weighted by Gasteiger charge is -2.32. The summed E-state index contributed by atoms with van der Waals surface area (Å²) in [6.45, 7) is 6.61. The molecule has 2 N–H and O–H groups in total. The largest absolute Gasteiger partial charge is 0.352 e. The number of carbonyl (C=O) groups excluding carboxylic acids is 2. The number of benzene rings is 3. The molecule has 218 valence electrons. The number of piperidine rings is 2. The van der Waals surface area contributed by atoms with E-state index in [2.05, 4.69) is 44.7 Å². The van der Waals surface area contributed by atoms with Crippen LogP contribution >= 0.6 is 17.0 Å². The van der Waals surface area contributed by atoms with Crippen LogP contribution in [0, 0.1) is 11.8 Å². The number of amides is 2. The second-order valence-corrected chi connectivity index (χ2v) is 11.4. The lowest BCUT2D eigenvalue weighted by atomic mass is 9.96. The standard InChI is InChI=1S/C34H42N4O2.BrH/c39-33(35-21-27-9-3-1-4-10-27)31-13-7-19-37(25-31)23-29-15-17-30(18-16-29)24-38-20-8-14-32(26-38)34(40)36-22-28-11-5-2-6-12-28;/h1-6,9-12,15-18,31-32H,7-8,13-14,19-26H2,(H,35,39)(H,36,40);1H. The second kappa shape index (κ2) is 15.9. The van der Waals surface area contributed by atoms with Crippen molar-refractivity contribution in [2.24, 2.45) is 11.8 Å². The molecule has 0 aromatic heterocycles. The number of nitrogens with zero attached hydrogens (tertiary/aromatic N) is 2.